The van der Waals surface area contributed by atoms with Crippen LogP contribution in [0.15, 0.2) is 42.6 Å². The van der Waals surface area contributed by atoms with E-state index in [9.17, 15) is 14.0 Å². The van der Waals surface area contributed by atoms with Crippen LogP contribution >= 0.6 is 0 Å². The Hall–Kier alpha value is -2.96. The number of nitrogens with zero attached hydrogens (tertiary/aromatic N) is 3. The summed E-state index contributed by atoms with van der Waals surface area (Å²) in [5.41, 5.74) is 1.25. The first kappa shape index (κ1) is 22.2. The molecule has 2 fully saturated rings. The summed E-state index contributed by atoms with van der Waals surface area (Å²) in [6.45, 7) is 1.80. The van der Waals surface area contributed by atoms with E-state index in [1.54, 1.807) is 35.4 Å². The molecule has 170 valence electrons. The topological polar surface area (TPSA) is 62.7 Å². The third-order valence-corrected chi connectivity index (χ3v) is 6.34. The molecule has 0 radical (unpaired) electrons. The van der Waals surface area contributed by atoms with Gasteiger partial charge in [-0.2, -0.15) is 0 Å². The van der Waals surface area contributed by atoms with E-state index in [4.69, 9.17) is 4.74 Å². The van der Waals surface area contributed by atoms with Crippen molar-refractivity contribution in [3.05, 3.63) is 59.5 Å². The van der Waals surface area contributed by atoms with E-state index >= 15 is 0 Å². The summed E-state index contributed by atoms with van der Waals surface area (Å²) in [6.07, 6.45) is 9.00. The quantitative estimate of drug-likeness (QED) is 0.601. The number of hydrogen-bond donors (Lipinski definition) is 0. The molecule has 1 saturated carbocycles. The van der Waals surface area contributed by atoms with E-state index in [1.807, 2.05) is 0 Å². The van der Waals surface area contributed by atoms with E-state index in [-0.39, 0.29) is 24.4 Å². The molecule has 2 aliphatic rings. The largest absolute Gasteiger partial charge is 0.452 e. The molecule has 2 heterocycles. The lowest BCUT2D eigenvalue weighted by molar-refractivity contribution is -0.138. The van der Waals surface area contributed by atoms with Gasteiger partial charge in [0.1, 0.15) is 17.2 Å². The van der Waals surface area contributed by atoms with Crippen LogP contribution in [0, 0.1) is 5.82 Å². The van der Waals surface area contributed by atoms with Gasteiger partial charge in [0.2, 0.25) is 0 Å². The smallest absolute Gasteiger partial charge is 0.342 e. The Bertz CT molecular complexity index is 922. The van der Waals surface area contributed by atoms with Crippen LogP contribution in [0.2, 0.25) is 0 Å². The van der Waals surface area contributed by atoms with Gasteiger partial charge in [0, 0.05) is 31.9 Å². The third kappa shape index (κ3) is 5.44. The van der Waals surface area contributed by atoms with Crippen molar-refractivity contribution in [1.29, 1.82) is 0 Å². The van der Waals surface area contributed by atoms with Crippen molar-refractivity contribution >= 4 is 17.7 Å². The van der Waals surface area contributed by atoms with E-state index in [0.717, 1.165) is 57.2 Å². The van der Waals surface area contributed by atoms with Gasteiger partial charge in [0.25, 0.3) is 5.91 Å². The summed E-state index contributed by atoms with van der Waals surface area (Å²) in [5, 5.41) is 0. The second kappa shape index (κ2) is 10.6. The first-order valence-corrected chi connectivity index (χ1v) is 11.5. The molecule has 0 atom stereocenters. The highest BCUT2D eigenvalue weighted by atomic mass is 19.1. The number of rotatable bonds is 7. The van der Waals surface area contributed by atoms with Crippen molar-refractivity contribution in [1.82, 2.24) is 9.88 Å². The first-order valence-electron chi connectivity index (χ1n) is 11.5. The van der Waals surface area contributed by atoms with Gasteiger partial charge in [0.05, 0.1) is 0 Å². The molecule has 1 aliphatic heterocycles. The molecule has 0 bridgehead atoms. The van der Waals surface area contributed by atoms with Crippen LogP contribution in [0.3, 0.4) is 0 Å². The molecular formula is C25H30FN3O3. The van der Waals surface area contributed by atoms with Crippen LogP contribution in [0.1, 0.15) is 60.9 Å². The molecule has 0 N–H and O–H groups in total. The number of esters is 1. The number of benzene rings is 1. The molecule has 1 aromatic carbocycles. The van der Waals surface area contributed by atoms with Gasteiger partial charge < -0.3 is 14.5 Å². The molecule has 2 aromatic rings. The second-order valence-electron chi connectivity index (χ2n) is 8.58. The second-order valence-corrected chi connectivity index (χ2v) is 8.58. The van der Waals surface area contributed by atoms with E-state index in [2.05, 4.69) is 9.88 Å². The summed E-state index contributed by atoms with van der Waals surface area (Å²) >= 11 is 0. The number of anilines is 1. The molecule has 1 aromatic heterocycles. The molecule has 4 rings (SSSR count). The maximum absolute atomic E-state index is 13.3. The number of carbonyl (C=O) groups is 2. The number of halogens is 1. The maximum atomic E-state index is 13.3. The minimum Gasteiger partial charge on any atom is -0.452 e. The fourth-order valence-electron chi connectivity index (χ4n) is 4.63. The Morgan fingerprint density at radius 1 is 1.03 bits per heavy atom. The monoisotopic (exact) mass is 439 g/mol. The lowest BCUT2D eigenvalue weighted by Crippen LogP contribution is -2.43. The fourth-order valence-corrected chi connectivity index (χ4v) is 4.63. The van der Waals surface area contributed by atoms with Gasteiger partial charge in [0.15, 0.2) is 6.61 Å². The molecule has 0 unspecified atom stereocenters. The maximum Gasteiger partial charge on any atom is 0.342 e. The van der Waals surface area contributed by atoms with Crippen LogP contribution in [-0.2, 0) is 16.1 Å². The van der Waals surface area contributed by atoms with Crippen molar-refractivity contribution in [3.63, 3.8) is 0 Å². The van der Waals surface area contributed by atoms with Crippen LogP contribution in [0.4, 0.5) is 10.2 Å². The predicted octanol–water partition coefficient (Wildman–Crippen LogP) is 4.34. The van der Waals surface area contributed by atoms with Gasteiger partial charge in [-0.1, -0.05) is 31.4 Å². The standard InChI is InChI=1S/C25H30FN3O3/c26-20-12-10-19(11-13-20)17-29(21-7-2-1-3-8-21)23(30)18-32-25(31)22-9-6-14-27-24(22)28-15-4-5-16-28/h6,9-14,21H,1-5,7-8,15-18H2. The highest BCUT2D eigenvalue weighted by Crippen LogP contribution is 2.25. The Labute approximate surface area is 188 Å². The summed E-state index contributed by atoms with van der Waals surface area (Å²) in [5.74, 6) is -0.429. The molecule has 1 saturated heterocycles. The molecule has 32 heavy (non-hydrogen) atoms. The van der Waals surface area contributed by atoms with Gasteiger partial charge in [-0.05, 0) is 55.5 Å². The highest BCUT2D eigenvalue weighted by molar-refractivity contribution is 5.96. The molecule has 6 nitrogen and oxygen atoms in total. The molecule has 0 spiro atoms. The number of ether oxygens (including phenoxy) is 1. The van der Waals surface area contributed by atoms with Gasteiger partial charge in [-0.3, -0.25) is 4.79 Å². The number of amides is 1. The number of carbonyl (C=O) groups excluding carboxylic acids is 2. The highest BCUT2D eigenvalue weighted by Gasteiger charge is 2.27. The summed E-state index contributed by atoms with van der Waals surface area (Å²) in [6, 6.07) is 9.72. The van der Waals surface area contributed by atoms with Crippen molar-refractivity contribution < 1.29 is 18.7 Å². The molecule has 1 amide bonds. The minimum absolute atomic E-state index is 0.110. The number of aromatic nitrogens is 1. The SMILES string of the molecule is O=C(OCC(=O)N(Cc1ccc(F)cc1)C1CCCCC1)c1cccnc1N1CCCC1. The van der Waals surface area contributed by atoms with Gasteiger partial charge in [-0.15, -0.1) is 0 Å². The lowest BCUT2D eigenvalue weighted by atomic mass is 9.93. The van der Waals surface area contributed by atoms with Crippen LogP contribution in [0.5, 0.6) is 0 Å². The normalized spacial score (nSPS) is 16.7. The number of hydrogen-bond acceptors (Lipinski definition) is 5. The fraction of sp³-hybridized carbons (Fsp3) is 0.480. The Kier molecular flexibility index (Phi) is 7.35. The van der Waals surface area contributed by atoms with Crippen LogP contribution in [0.25, 0.3) is 0 Å². The van der Waals surface area contributed by atoms with Crippen molar-refractivity contribution in [2.45, 2.75) is 57.5 Å². The zero-order chi connectivity index (χ0) is 22.3. The van der Waals surface area contributed by atoms with Crippen molar-refractivity contribution in [3.8, 4) is 0 Å². The third-order valence-electron chi connectivity index (χ3n) is 6.34. The van der Waals surface area contributed by atoms with E-state index in [1.165, 1.54) is 18.6 Å². The summed E-state index contributed by atoms with van der Waals surface area (Å²) in [4.78, 5) is 34.2. The minimum atomic E-state index is -0.529. The van der Waals surface area contributed by atoms with Crippen molar-refractivity contribution in [2.24, 2.45) is 0 Å². The van der Waals surface area contributed by atoms with Crippen LogP contribution < -0.4 is 4.90 Å². The lowest BCUT2D eigenvalue weighted by Gasteiger charge is -2.34. The molecular weight excluding hydrogens is 409 g/mol. The van der Waals surface area contributed by atoms with E-state index < -0.39 is 5.97 Å². The molecule has 1 aliphatic carbocycles. The predicted molar refractivity (Wildman–Crippen MR) is 120 cm³/mol. The Balaban J connectivity index is 1.43. The van der Waals surface area contributed by atoms with Crippen LogP contribution in [-0.4, -0.2) is 47.5 Å². The average Bonchev–Trinajstić information content (AvgIpc) is 3.37. The zero-order valence-electron chi connectivity index (χ0n) is 18.3. The van der Waals surface area contributed by atoms with Crippen molar-refractivity contribution in [2.75, 3.05) is 24.6 Å². The zero-order valence-corrected chi connectivity index (χ0v) is 18.3. The first-order chi connectivity index (χ1) is 15.6. The Morgan fingerprint density at radius 3 is 2.47 bits per heavy atom. The summed E-state index contributed by atoms with van der Waals surface area (Å²) < 4.78 is 18.8. The Morgan fingerprint density at radius 2 is 1.75 bits per heavy atom. The van der Waals surface area contributed by atoms with Gasteiger partial charge >= 0.3 is 5.97 Å². The van der Waals surface area contributed by atoms with Gasteiger partial charge in [-0.25, -0.2) is 14.2 Å². The summed E-state index contributed by atoms with van der Waals surface area (Å²) in [7, 11) is 0. The number of pyridine rings is 1. The average molecular weight is 440 g/mol. The molecule has 7 heteroatoms. The van der Waals surface area contributed by atoms with E-state index in [0.29, 0.717) is 17.9 Å².